The van der Waals surface area contributed by atoms with Gasteiger partial charge >= 0.3 is 0 Å². The Morgan fingerprint density at radius 1 is 1.47 bits per heavy atom. The summed E-state index contributed by atoms with van der Waals surface area (Å²) in [4.78, 5) is 0. The Morgan fingerprint density at radius 2 is 2.24 bits per heavy atom. The largest absolute Gasteiger partial charge is 0.490 e. The van der Waals surface area contributed by atoms with Gasteiger partial charge in [0.25, 0.3) is 0 Å². The molecule has 92 valence electrons. The summed E-state index contributed by atoms with van der Waals surface area (Å²) in [5.41, 5.74) is 0.908. The van der Waals surface area contributed by atoms with E-state index in [2.05, 4.69) is 17.2 Å². The zero-order valence-electron chi connectivity index (χ0n) is 10.5. The van der Waals surface area contributed by atoms with Crippen molar-refractivity contribution < 1.29 is 9.13 Å². The number of benzene rings is 1. The zero-order valence-corrected chi connectivity index (χ0v) is 10.5. The van der Waals surface area contributed by atoms with Crippen LogP contribution in [0.3, 0.4) is 0 Å². The topological polar surface area (TPSA) is 21.3 Å². The van der Waals surface area contributed by atoms with E-state index in [4.69, 9.17) is 4.74 Å². The summed E-state index contributed by atoms with van der Waals surface area (Å²) in [5.74, 6) is 5.60. The highest BCUT2D eigenvalue weighted by molar-refractivity contribution is 5.30. The summed E-state index contributed by atoms with van der Waals surface area (Å²) in [7, 11) is 1.84. The molecule has 0 saturated carbocycles. The number of hydrogen-bond donors (Lipinski definition) is 1. The monoisotopic (exact) mass is 235 g/mol. The van der Waals surface area contributed by atoms with Crippen LogP contribution in [0.15, 0.2) is 18.2 Å². The maximum absolute atomic E-state index is 13.7. The summed E-state index contributed by atoms with van der Waals surface area (Å²) < 4.78 is 19.0. The van der Waals surface area contributed by atoms with E-state index in [1.54, 1.807) is 13.0 Å². The molecule has 0 spiro atoms. The van der Waals surface area contributed by atoms with E-state index in [0.717, 1.165) is 5.56 Å². The molecule has 0 saturated heterocycles. The second-order valence-corrected chi connectivity index (χ2v) is 3.73. The fourth-order valence-electron chi connectivity index (χ4n) is 1.41. The van der Waals surface area contributed by atoms with Crippen LogP contribution < -0.4 is 10.1 Å². The minimum absolute atomic E-state index is 0.129. The molecule has 0 aliphatic carbocycles. The first-order valence-corrected chi connectivity index (χ1v) is 5.68. The van der Waals surface area contributed by atoms with Gasteiger partial charge in [0.05, 0.1) is 6.61 Å². The van der Waals surface area contributed by atoms with Crippen LogP contribution in [0.2, 0.25) is 0 Å². The summed E-state index contributed by atoms with van der Waals surface area (Å²) in [6, 6.07) is 5.16. The van der Waals surface area contributed by atoms with Gasteiger partial charge in [0, 0.05) is 12.5 Å². The van der Waals surface area contributed by atoms with Crippen molar-refractivity contribution in [1.29, 1.82) is 0 Å². The van der Waals surface area contributed by atoms with E-state index in [1.165, 1.54) is 6.07 Å². The first-order chi connectivity index (χ1) is 8.19. The molecule has 0 bridgehead atoms. The molecule has 1 aromatic carbocycles. The van der Waals surface area contributed by atoms with Crippen LogP contribution in [0.25, 0.3) is 0 Å². The van der Waals surface area contributed by atoms with Crippen molar-refractivity contribution >= 4 is 0 Å². The minimum Gasteiger partial charge on any atom is -0.490 e. The lowest BCUT2D eigenvalue weighted by Gasteiger charge is -2.12. The number of nitrogens with one attached hydrogen (secondary N) is 1. The van der Waals surface area contributed by atoms with Gasteiger partial charge in [-0.05, 0) is 38.6 Å². The van der Waals surface area contributed by atoms with Crippen LogP contribution in [0.5, 0.6) is 5.75 Å². The molecule has 0 amide bonds. The van der Waals surface area contributed by atoms with Crippen molar-refractivity contribution in [1.82, 2.24) is 5.32 Å². The van der Waals surface area contributed by atoms with Gasteiger partial charge in [-0.15, -0.1) is 11.8 Å². The summed E-state index contributed by atoms with van der Waals surface area (Å²) in [5, 5.41) is 3.06. The van der Waals surface area contributed by atoms with Crippen molar-refractivity contribution in [3.63, 3.8) is 0 Å². The van der Waals surface area contributed by atoms with E-state index in [9.17, 15) is 4.39 Å². The molecular formula is C14H18FNO. The molecule has 0 fully saturated rings. The lowest BCUT2D eigenvalue weighted by molar-refractivity contribution is 0.309. The SMILES string of the molecule is CC#CCCOc1ccc(C(C)NC)cc1F. The highest BCUT2D eigenvalue weighted by atomic mass is 19.1. The quantitative estimate of drug-likeness (QED) is 0.626. The van der Waals surface area contributed by atoms with E-state index in [-0.39, 0.29) is 17.6 Å². The highest BCUT2D eigenvalue weighted by Gasteiger charge is 2.08. The van der Waals surface area contributed by atoms with Gasteiger partial charge in [0.2, 0.25) is 0 Å². The summed E-state index contributed by atoms with van der Waals surface area (Å²) in [6.45, 7) is 4.17. The summed E-state index contributed by atoms with van der Waals surface area (Å²) in [6.07, 6.45) is 0.616. The fourth-order valence-corrected chi connectivity index (χ4v) is 1.41. The second kappa shape index (κ2) is 6.93. The van der Waals surface area contributed by atoms with E-state index < -0.39 is 0 Å². The van der Waals surface area contributed by atoms with Crippen molar-refractivity contribution in [2.45, 2.75) is 26.3 Å². The normalized spacial score (nSPS) is 11.5. The molecular weight excluding hydrogens is 217 g/mol. The molecule has 1 aromatic rings. The fraction of sp³-hybridized carbons (Fsp3) is 0.429. The van der Waals surface area contributed by atoms with E-state index in [0.29, 0.717) is 13.0 Å². The number of rotatable bonds is 5. The van der Waals surface area contributed by atoms with Crippen molar-refractivity contribution in [3.8, 4) is 17.6 Å². The molecule has 0 heterocycles. The molecule has 1 N–H and O–H groups in total. The Morgan fingerprint density at radius 3 is 2.82 bits per heavy atom. The van der Waals surface area contributed by atoms with Gasteiger partial charge in [0.15, 0.2) is 11.6 Å². The molecule has 2 nitrogen and oxygen atoms in total. The number of ether oxygens (including phenoxy) is 1. The third kappa shape index (κ3) is 4.08. The molecule has 0 aliphatic rings. The molecule has 0 aliphatic heterocycles. The van der Waals surface area contributed by atoms with Gasteiger partial charge in [0.1, 0.15) is 0 Å². The van der Waals surface area contributed by atoms with Crippen LogP contribution in [-0.2, 0) is 0 Å². The maximum Gasteiger partial charge on any atom is 0.165 e. The molecule has 0 aromatic heterocycles. The third-order valence-corrected chi connectivity index (χ3v) is 2.55. The predicted octanol–water partition coefficient (Wildman–Crippen LogP) is 2.90. The van der Waals surface area contributed by atoms with Gasteiger partial charge in [-0.1, -0.05) is 6.07 Å². The molecule has 3 heteroatoms. The smallest absolute Gasteiger partial charge is 0.165 e. The Hall–Kier alpha value is -1.53. The first kappa shape index (κ1) is 13.5. The predicted molar refractivity (Wildman–Crippen MR) is 67.4 cm³/mol. The van der Waals surface area contributed by atoms with Gasteiger partial charge in [-0.25, -0.2) is 4.39 Å². The van der Waals surface area contributed by atoms with E-state index in [1.807, 2.05) is 20.0 Å². The van der Waals surface area contributed by atoms with Gasteiger partial charge in [-0.2, -0.15) is 0 Å². The van der Waals surface area contributed by atoms with Crippen LogP contribution in [0, 0.1) is 17.7 Å². The Labute approximate surface area is 102 Å². The highest BCUT2D eigenvalue weighted by Crippen LogP contribution is 2.21. The first-order valence-electron chi connectivity index (χ1n) is 5.68. The van der Waals surface area contributed by atoms with Gasteiger partial charge < -0.3 is 10.1 Å². The number of halogens is 1. The second-order valence-electron chi connectivity index (χ2n) is 3.73. The standard InChI is InChI=1S/C14H18FNO/c1-4-5-6-9-17-14-8-7-12(10-13(14)15)11(2)16-3/h7-8,10-11,16H,6,9H2,1-3H3. The lowest BCUT2D eigenvalue weighted by Crippen LogP contribution is -2.12. The van der Waals surface area contributed by atoms with Crippen LogP contribution in [-0.4, -0.2) is 13.7 Å². The van der Waals surface area contributed by atoms with Crippen molar-refractivity contribution in [2.24, 2.45) is 0 Å². The Kier molecular flexibility index (Phi) is 5.51. The van der Waals surface area contributed by atoms with E-state index >= 15 is 0 Å². The number of hydrogen-bond acceptors (Lipinski definition) is 2. The average molecular weight is 235 g/mol. The third-order valence-electron chi connectivity index (χ3n) is 2.55. The average Bonchev–Trinajstić information content (AvgIpc) is 2.35. The minimum atomic E-state index is -0.325. The van der Waals surface area contributed by atoms with Crippen LogP contribution in [0.1, 0.15) is 31.9 Å². The molecule has 1 rings (SSSR count). The van der Waals surface area contributed by atoms with Crippen molar-refractivity contribution in [3.05, 3.63) is 29.6 Å². The lowest BCUT2D eigenvalue weighted by atomic mass is 10.1. The zero-order chi connectivity index (χ0) is 12.7. The molecule has 0 radical (unpaired) electrons. The Bertz CT molecular complexity index is 420. The van der Waals surface area contributed by atoms with Crippen LogP contribution in [0.4, 0.5) is 4.39 Å². The Balaban J connectivity index is 2.65. The molecule has 1 atom stereocenters. The molecule has 17 heavy (non-hydrogen) atoms. The van der Waals surface area contributed by atoms with Crippen molar-refractivity contribution in [2.75, 3.05) is 13.7 Å². The van der Waals surface area contributed by atoms with Crippen LogP contribution >= 0.6 is 0 Å². The maximum atomic E-state index is 13.7. The summed E-state index contributed by atoms with van der Waals surface area (Å²) >= 11 is 0. The van der Waals surface area contributed by atoms with Gasteiger partial charge in [-0.3, -0.25) is 0 Å². The molecule has 1 unspecified atom stereocenters.